The summed E-state index contributed by atoms with van der Waals surface area (Å²) in [6, 6.07) is 6.58. The second-order valence-electron chi connectivity index (χ2n) is 5.06. The molecule has 0 saturated carbocycles. The van der Waals surface area contributed by atoms with Gasteiger partial charge in [-0.05, 0) is 24.6 Å². The van der Waals surface area contributed by atoms with Crippen LogP contribution in [0.5, 0.6) is 0 Å². The van der Waals surface area contributed by atoms with Crippen molar-refractivity contribution in [3.8, 4) is 6.07 Å². The molecule has 1 aliphatic heterocycles. The third-order valence-electron chi connectivity index (χ3n) is 3.67. The van der Waals surface area contributed by atoms with Crippen LogP contribution in [0.15, 0.2) is 39.9 Å². The molecule has 2 aromatic rings. The summed E-state index contributed by atoms with van der Waals surface area (Å²) in [6.45, 7) is 0.575. The van der Waals surface area contributed by atoms with E-state index in [-0.39, 0.29) is 22.9 Å². The topological polar surface area (TPSA) is 87.2 Å². The summed E-state index contributed by atoms with van der Waals surface area (Å²) in [5.41, 5.74) is 0.681. The summed E-state index contributed by atoms with van der Waals surface area (Å²) < 4.78 is 44.7. The van der Waals surface area contributed by atoms with Gasteiger partial charge < -0.3 is 4.52 Å². The van der Waals surface area contributed by atoms with Gasteiger partial charge in [-0.3, -0.25) is 0 Å². The molecule has 1 unspecified atom stereocenters. The molecule has 1 saturated heterocycles. The minimum absolute atomic E-state index is 0.0224. The smallest absolute Gasteiger partial charge is 0.243 e. The van der Waals surface area contributed by atoms with Gasteiger partial charge in [-0.15, -0.1) is 0 Å². The summed E-state index contributed by atoms with van der Waals surface area (Å²) in [7, 11) is -3.83. The molecule has 114 valence electrons. The normalized spacial score (nSPS) is 19.2. The summed E-state index contributed by atoms with van der Waals surface area (Å²) >= 11 is 0. The van der Waals surface area contributed by atoms with Gasteiger partial charge >= 0.3 is 0 Å². The molecule has 1 aromatic carbocycles. The van der Waals surface area contributed by atoms with E-state index in [2.05, 4.69) is 5.16 Å². The standard InChI is InChI=1S/C14H12FN3O3S/c15-12-5-10(8-16)6-13(7-12)22(19,20)18-3-1-11(9-18)14-2-4-21-17-14/h2,4-7,11H,1,3,9H2. The molecule has 2 heterocycles. The Bertz CT molecular complexity index is 828. The van der Waals surface area contributed by atoms with Crippen LogP contribution in [0, 0.1) is 17.1 Å². The molecule has 0 N–H and O–H groups in total. The lowest BCUT2D eigenvalue weighted by Crippen LogP contribution is -2.28. The first-order chi connectivity index (χ1) is 10.5. The molecule has 1 atom stereocenters. The first kappa shape index (κ1) is 14.7. The maximum Gasteiger partial charge on any atom is 0.243 e. The van der Waals surface area contributed by atoms with Crippen molar-refractivity contribution < 1.29 is 17.3 Å². The number of hydrogen-bond acceptors (Lipinski definition) is 5. The van der Waals surface area contributed by atoms with E-state index in [9.17, 15) is 12.8 Å². The number of aromatic nitrogens is 1. The Balaban J connectivity index is 1.88. The summed E-state index contributed by atoms with van der Waals surface area (Å²) in [5.74, 6) is -0.789. The number of halogens is 1. The number of nitriles is 1. The largest absolute Gasteiger partial charge is 0.365 e. The molecule has 3 rings (SSSR count). The minimum atomic E-state index is -3.83. The average molecular weight is 321 g/mol. The minimum Gasteiger partial charge on any atom is -0.365 e. The van der Waals surface area contributed by atoms with Gasteiger partial charge in [-0.25, -0.2) is 12.8 Å². The average Bonchev–Trinajstić information content (AvgIpc) is 3.17. The van der Waals surface area contributed by atoms with Crippen LogP contribution < -0.4 is 0 Å². The Hall–Kier alpha value is -2.24. The fraction of sp³-hybridized carbons (Fsp3) is 0.286. The van der Waals surface area contributed by atoms with E-state index in [4.69, 9.17) is 9.78 Å². The van der Waals surface area contributed by atoms with Gasteiger partial charge in [0.25, 0.3) is 0 Å². The number of nitrogens with zero attached hydrogens (tertiary/aromatic N) is 3. The second-order valence-corrected chi connectivity index (χ2v) is 7.00. The highest BCUT2D eigenvalue weighted by Gasteiger charge is 2.34. The third kappa shape index (κ3) is 2.61. The number of hydrogen-bond donors (Lipinski definition) is 0. The molecule has 0 bridgehead atoms. The van der Waals surface area contributed by atoms with E-state index >= 15 is 0 Å². The summed E-state index contributed by atoms with van der Waals surface area (Å²) in [5, 5.41) is 12.7. The first-order valence-electron chi connectivity index (χ1n) is 6.62. The molecule has 0 aliphatic carbocycles. The van der Waals surface area contributed by atoms with Crippen LogP contribution in [-0.4, -0.2) is 31.0 Å². The molecule has 0 spiro atoms. The molecule has 0 amide bonds. The molecule has 1 aromatic heterocycles. The predicted octanol–water partition coefficient (Wildman–Crippen LogP) is 1.86. The Kier molecular flexibility index (Phi) is 3.68. The van der Waals surface area contributed by atoms with Crippen LogP contribution >= 0.6 is 0 Å². The van der Waals surface area contributed by atoms with Crippen LogP contribution in [0.2, 0.25) is 0 Å². The van der Waals surface area contributed by atoms with Gasteiger partial charge in [0.15, 0.2) is 0 Å². The van der Waals surface area contributed by atoms with Crippen molar-refractivity contribution in [1.29, 1.82) is 5.26 Å². The quantitative estimate of drug-likeness (QED) is 0.861. The van der Waals surface area contributed by atoms with Crippen molar-refractivity contribution in [1.82, 2.24) is 9.46 Å². The van der Waals surface area contributed by atoms with E-state index in [1.807, 2.05) is 0 Å². The highest BCUT2D eigenvalue weighted by Crippen LogP contribution is 2.30. The Morgan fingerprint density at radius 2 is 2.23 bits per heavy atom. The van der Waals surface area contributed by atoms with Crippen LogP contribution in [0.1, 0.15) is 23.6 Å². The summed E-state index contributed by atoms with van der Waals surface area (Å²) in [6.07, 6.45) is 2.06. The number of benzene rings is 1. The molecule has 8 heteroatoms. The first-order valence-corrected chi connectivity index (χ1v) is 8.06. The lowest BCUT2D eigenvalue weighted by atomic mass is 10.1. The zero-order valence-corrected chi connectivity index (χ0v) is 12.3. The van der Waals surface area contributed by atoms with E-state index < -0.39 is 15.8 Å². The van der Waals surface area contributed by atoms with Gasteiger partial charge in [0, 0.05) is 25.1 Å². The maximum absolute atomic E-state index is 13.5. The number of sulfonamides is 1. The third-order valence-corrected chi connectivity index (χ3v) is 5.51. The van der Waals surface area contributed by atoms with Crippen molar-refractivity contribution in [2.24, 2.45) is 0 Å². The van der Waals surface area contributed by atoms with Gasteiger partial charge in [0.1, 0.15) is 12.1 Å². The lowest BCUT2D eigenvalue weighted by Gasteiger charge is -2.16. The Labute approximate surface area is 126 Å². The fourth-order valence-electron chi connectivity index (χ4n) is 2.55. The fourth-order valence-corrected chi connectivity index (χ4v) is 4.10. The molecule has 1 fully saturated rings. The van der Waals surface area contributed by atoms with Crippen LogP contribution in [0.25, 0.3) is 0 Å². The van der Waals surface area contributed by atoms with Gasteiger partial charge in [-0.2, -0.15) is 9.57 Å². The van der Waals surface area contributed by atoms with Crippen molar-refractivity contribution in [3.63, 3.8) is 0 Å². The predicted molar refractivity (Wildman–Crippen MR) is 73.7 cm³/mol. The molecule has 22 heavy (non-hydrogen) atoms. The van der Waals surface area contributed by atoms with Gasteiger partial charge in [-0.1, -0.05) is 5.16 Å². The molecular weight excluding hydrogens is 309 g/mol. The van der Waals surface area contributed by atoms with Crippen molar-refractivity contribution in [2.75, 3.05) is 13.1 Å². The van der Waals surface area contributed by atoms with Gasteiger partial charge in [0.05, 0.1) is 22.2 Å². The molecule has 0 radical (unpaired) electrons. The van der Waals surface area contributed by atoms with Gasteiger partial charge in [0.2, 0.25) is 10.0 Å². The zero-order valence-electron chi connectivity index (χ0n) is 11.4. The van der Waals surface area contributed by atoms with E-state index in [1.165, 1.54) is 16.6 Å². The summed E-state index contributed by atoms with van der Waals surface area (Å²) in [4.78, 5) is -0.204. The van der Waals surface area contributed by atoms with Crippen LogP contribution in [0.3, 0.4) is 0 Å². The molecular formula is C14H12FN3O3S. The Morgan fingerprint density at radius 3 is 2.91 bits per heavy atom. The lowest BCUT2D eigenvalue weighted by molar-refractivity contribution is 0.404. The Morgan fingerprint density at radius 1 is 1.41 bits per heavy atom. The highest BCUT2D eigenvalue weighted by atomic mass is 32.2. The SMILES string of the molecule is N#Cc1cc(F)cc(S(=O)(=O)N2CCC(c3ccon3)C2)c1. The molecule has 1 aliphatic rings. The van der Waals surface area contributed by atoms with Crippen LogP contribution in [0.4, 0.5) is 4.39 Å². The van der Waals surface area contributed by atoms with Crippen molar-refractivity contribution in [3.05, 3.63) is 47.6 Å². The van der Waals surface area contributed by atoms with E-state index in [0.29, 0.717) is 18.7 Å². The maximum atomic E-state index is 13.5. The van der Waals surface area contributed by atoms with Crippen molar-refractivity contribution in [2.45, 2.75) is 17.2 Å². The van der Waals surface area contributed by atoms with E-state index in [0.717, 1.165) is 12.1 Å². The zero-order chi connectivity index (χ0) is 15.7. The highest BCUT2D eigenvalue weighted by molar-refractivity contribution is 7.89. The van der Waals surface area contributed by atoms with Crippen LogP contribution in [-0.2, 0) is 10.0 Å². The number of rotatable bonds is 3. The van der Waals surface area contributed by atoms with E-state index in [1.54, 1.807) is 12.1 Å². The van der Waals surface area contributed by atoms with Crippen molar-refractivity contribution >= 4 is 10.0 Å². The second kappa shape index (κ2) is 5.51. The monoisotopic (exact) mass is 321 g/mol. The molecule has 6 nitrogen and oxygen atoms in total.